The zero-order valence-electron chi connectivity index (χ0n) is 10.8. The summed E-state index contributed by atoms with van der Waals surface area (Å²) in [6.45, 7) is 0. The van der Waals surface area contributed by atoms with Gasteiger partial charge in [0.1, 0.15) is 5.60 Å². The third kappa shape index (κ3) is 2.70. The largest absolute Gasteiger partial charge is 0.375 e. The lowest BCUT2D eigenvalue weighted by Gasteiger charge is -2.28. The summed E-state index contributed by atoms with van der Waals surface area (Å²) < 4.78 is 0.631. The third-order valence-corrected chi connectivity index (χ3v) is 4.88. The van der Waals surface area contributed by atoms with Crippen molar-refractivity contribution in [2.24, 2.45) is 0 Å². The fourth-order valence-corrected chi connectivity index (χ4v) is 3.55. The van der Waals surface area contributed by atoms with E-state index < -0.39 is 5.60 Å². The molecule has 21 heavy (non-hydrogen) atoms. The Balaban J connectivity index is 2.22. The highest BCUT2D eigenvalue weighted by Gasteiger charge is 2.35. The topological polar surface area (TPSA) is 33.1 Å². The molecule has 0 aliphatic heterocycles. The average molecular weight is 336 g/mol. The van der Waals surface area contributed by atoms with Gasteiger partial charge in [0, 0.05) is 22.3 Å². The summed E-state index contributed by atoms with van der Waals surface area (Å²) in [7, 11) is 0. The maximum Gasteiger partial charge on any atom is 0.149 e. The lowest BCUT2D eigenvalue weighted by Crippen LogP contribution is -2.27. The highest BCUT2D eigenvalue weighted by atomic mass is 35.5. The first-order valence-electron chi connectivity index (χ1n) is 6.25. The maximum absolute atomic E-state index is 11.4. The van der Waals surface area contributed by atoms with Crippen molar-refractivity contribution < 1.29 is 5.11 Å². The molecule has 0 amide bonds. The van der Waals surface area contributed by atoms with E-state index >= 15 is 0 Å². The van der Waals surface area contributed by atoms with E-state index in [2.05, 4.69) is 4.98 Å². The van der Waals surface area contributed by atoms with E-state index in [-0.39, 0.29) is 0 Å². The number of hydrogen-bond donors (Lipinski definition) is 1. The predicted octanol–water partition coefficient (Wildman–Crippen LogP) is 4.73. The van der Waals surface area contributed by atoms with E-state index in [9.17, 15) is 5.11 Å². The van der Waals surface area contributed by atoms with Crippen molar-refractivity contribution in [2.75, 3.05) is 0 Å². The van der Waals surface area contributed by atoms with Gasteiger partial charge in [0.15, 0.2) is 0 Å². The van der Waals surface area contributed by atoms with Crippen molar-refractivity contribution in [3.05, 3.63) is 86.3 Å². The van der Waals surface area contributed by atoms with Crippen LogP contribution in [-0.2, 0) is 5.60 Å². The van der Waals surface area contributed by atoms with E-state index in [0.29, 0.717) is 9.36 Å². The number of aromatic nitrogens is 1. The van der Waals surface area contributed by atoms with Gasteiger partial charge in [-0.3, -0.25) is 4.98 Å². The molecule has 0 bridgehead atoms. The molecule has 0 saturated heterocycles. The van der Waals surface area contributed by atoms with Crippen molar-refractivity contribution in [1.29, 1.82) is 0 Å². The first kappa shape index (κ1) is 14.5. The first-order valence-corrected chi connectivity index (χ1v) is 7.82. The molecule has 2 nitrogen and oxygen atoms in total. The summed E-state index contributed by atoms with van der Waals surface area (Å²) in [6, 6.07) is 14.4. The second-order valence-corrected chi connectivity index (χ2v) is 6.71. The lowest BCUT2D eigenvalue weighted by atomic mass is 9.85. The minimum absolute atomic E-state index is 0.625. The molecule has 3 aromatic rings. The minimum Gasteiger partial charge on any atom is -0.375 e. The first-order chi connectivity index (χ1) is 10.1. The van der Waals surface area contributed by atoms with Crippen LogP contribution in [0.15, 0.2) is 60.9 Å². The van der Waals surface area contributed by atoms with Gasteiger partial charge in [-0.1, -0.05) is 35.3 Å². The summed E-state index contributed by atoms with van der Waals surface area (Å²) in [5, 5.41) is 12.0. The Kier molecular flexibility index (Phi) is 4.00. The lowest BCUT2D eigenvalue weighted by molar-refractivity contribution is 0.129. The summed E-state index contributed by atoms with van der Waals surface area (Å²) in [4.78, 5) is 4.76. The van der Waals surface area contributed by atoms with Crippen LogP contribution in [0.1, 0.15) is 16.0 Å². The second-order valence-electron chi connectivity index (χ2n) is 4.56. The van der Waals surface area contributed by atoms with E-state index in [1.54, 1.807) is 42.7 Å². The molecular weight excluding hydrogens is 325 g/mol. The highest BCUT2D eigenvalue weighted by molar-refractivity contribution is 7.16. The SMILES string of the molecule is OC(c1ccncc1)(c1ccc(Cl)cc1)c1ccc(Cl)s1. The molecule has 2 heterocycles. The van der Waals surface area contributed by atoms with Gasteiger partial charge in [0.2, 0.25) is 0 Å². The standard InChI is InChI=1S/C16H11Cl2NOS/c17-13-3-1-11(2-4-13)16(20,12-7-9-19-10-8-12)14-5-6-15(18)21-14/h1-10,20H. The van der Waals surface area contributed by atoms with Gasteiger partial charge in [0.25, 0.3) is 0 Å². The maximum atomic E-state index is 11.4. The molecule has 3 rings (SSSR count). The number of rotatable bonds is 3. The number of thiophene rings is 1. The van der Waals surface area contributed by atoms with Crippen LogP contribution in [0.4, 0.5) is 0 Å². The van der Waals surface area contributed by atoms with E-state index in [1.165, 1.54) is 11.3 Å². The summed E-state index contributed by atoms with van der Waals surface area (Å²) in [6.07, 6.45) is 3.32. The number of halogens is 2. The molecule has 1 unspecified atom stereocenters. The average Bonchev–Trinajstić information content (AvgIpc) is 2.95. The quantitative estimate of drug-likeness (QED) is 0.750. The molecule has 0 aliphatic carbocycles. The molecule has 1 atom stereocenters. The Morgan fingerprint density at radius 2 is 1.48 bits per heavy atom. The molecule has 0 spiro atoms. The van der Waals surface area contributed by atoms with Crippen molar-refractivity contribution in [3.63, 3.8) is 0 Å². The molecule has 0 aliphatic rings. The molecule has 0 radical (unpaired) electrons. The van der Waals surface area contributed by atoms with Crippen LogP contribution in [0.25, 0.3) is 0 Å². The van der Waals surface area contributed by atoms with Crippen LogP contribution in [0.3, 0.4) is 0 Å². The van der Waals surface area contributed by atoms with Gasteiger partial charge >= 0.3 is 0 Å². The van der Waals surface area contributed by atoms with E-state index in [0.717, 1.165) is 16.0 Å². The second kappa shape index (κ2) is 5.78. The fourth-order valence-electron chi connectivity index (χ4n) is 2.24. The highest BCUT2D eigenvalue weighted by Crippen LogP contribution is 2.41. The Hall–Kier alpha value is -1.39. The summed E-state index contributed by atoms with van der Waals surface area (Å²) in [5.74, 6) is 0. The van der Waals surface area contributed by atoms with Crippen molar-refractivity contribution in [1.82, 2.24) is 4.98 Å². The van der Waals surface area contributed by atoms with Crippen molar-refractivity contribution >= 4 is 34.5 Å². The number of benzene rings is 1. The van der Waals surface area contributed by atoms with Gasteiger partial charge in [-0.15, -0.1) is 11.3 Å². The smallest absolute Gasteiger partial charge is 0.149 e. The molecule has 2 aromatic heterocycles. The Morgan fingerprint density at radius 3 is 2.05 bits per heavy atom. The molecule has 0 fully saturated rings. The van der Waals surface area contributed by atoms with Crippen LogP contribution in [0.2, 0.25) is 9.36 Å². The molecule has 5 heteroatoms. The van der Waals surface area contributed by atoms with Crippen LogP contribution in [0.5, 0.6) is 0 Å². The normalized spacial score (nSPS) is 13.9. The van der Waals surface area contributed by atoms with Gasteiger partial charge in [0.05, 0.1) is 4.34 Å². The van der Waals surface area contributed by atoms with Crippen molar-refractivity contribution in [2.45, 2.75) is 5.60 Å². The molecule has 0 saturated carbocycles. The van der Waals surface area contributed by atoms with Crippen LogP contribution in [0, 0.1) is 0 Å². The molecule has 1 N–H and O–H groups in total. The van der Waals surface area contributed by atoms with Crippen LogP contribution >= 0.6 is 34.5 Å². The molecular formula is C16H11Cl2NOS. The van der Waals surface area contributed by atoms with Crippen LogP contribution in [-0.4, -0.2) is 10.1 Å². The number of aliphatic hydroxyl groups is 1. The zero-order chi connectivity index (χ0) is 14.9. The minimum atomic E-state index is -1.27. The summed E-state index contributed by atoms with van der Waals surface area (Å²) >= 11 is 13.3. The number of hydrogen-bond acceptors (Lipinski definition) is 3. The van der Waals surface area contributed by atoms with Crippen LogP contribution < -0.4 is 0 Å². The van der Waals surface area contributed by atoms with Gasteiger partial charge < -0.3 is 5.11 Å². The van der Waals surface area contributed by atoms with Gasteiger partial charge in [-0.2, -0.15) is 0 Å². The number of nitrogens with zero attached hydrogens (tertiary/aromatic N) is 1. The summed E-state index contributed by atoms with van der Waals surface area (Å²) in [5.41, 5.74) is 0.195. The Morgan fingerprint density at radius 1 is 0.857 bits per heavy atom. The zero-order valence-corrected chi connectivity index (χ0v) is 13.2. The van der Waals surface area contributed by atoms with E-state index in [1.807, 2.05) is 18.2 Å². The monoisotopic (exact) mass is 335 g/mol. The van der Waals surface area contributed by atoms with E-state index in [4.69, 9.17) is 23.2 Å². The van der Waals surface area contributed by atoms with Gasteiger partial charge in [-0.25, -0.2) is 0 Å². The predicted molar refractivity (Wildman–Crippen MR) is 87.1 cm³/mol. The Labute approximate surface area is 136 Å². The third-order valence-electron chi connectivity index (χ3n) is 3.29. The fraction of sp³-hybridized carbons (Fsp3) is 0.0625. The molecule has 1 aromatic carbocycles. The number of pyridine rings is 1. The van der Waals surface area contributed by atoms with Gasteiger partial charge in [-0.05, 0) is 47.5 Å². The molecule has 106 valence electrons. The Bertz CT molecular complexity index is 742. The van der Waals surface area contributed by atoms with Crippen molar-refractivity contribution in [3.8, 4) is 0 Å².